The highest BCUT2D eigenvalue weighted by atomic mass is 16.6. The summed E-state index contributed by atoms with van der Waals surface area (Å²) in [6, 6.07) is 7.99. The Morgan fingerprint density at radius 3 is 2.57 bits per heavy atom. The van der Waals surface area contributed by atoms with Crippen LogP contribution in [0, 0.1) is 0 Å². The van der Waals surface area contributed by atoms with Crippen LogP contribution in [-0.4, -0.2) is 32.2 Å². The Bertz CT molecular complexity index is 680. The SMILES string of the molecule is COc1ccc(OC)c(NC(=O)C(C)OC(=O)c2ccco2)c1. The lowest BCUT2D eigenvalue weighted by Crippen LogP contribution is -2.30. The average Bonchev–Trinajstić information content (AvgIpc) is 3.09. The number of ether oxygens (including phenoxy) is 3. The Morgan fingerprint density at radius 2 is 1.96 bits per heavy atom. The maximum absolute atomic E-state index is 12.2. The molecule has 7 nitrogen and oxygen atoms in total. The molecule has 0 aliphatic carbocycles. The molecule has 0 saturated heterocycles. The van der Waals surface area contributed by atoms with Crippen molar-refractivity contribution in [1.29, 1.82) is 0 Å². The van der Waals surface area contributed by atoms with E-state index in [0.717, 1.165) is 0 Å². The summed E-state index contributed by atoms with van der Waals surface area (Å²) in [5, 5.41) is 2.63. The molecule has 0 bridgehead atoms. The molecule has 0 spiro atoms. The molecule has 1 aromatic carbocycles. The molecule has 2 aromatic rings. The Hall–Kier alpha value is -2.96. The molecular weight excluding hydrogens is 302 g/mol. The zero-order valence-corrected chi connectivity index (χ0v) is 13.0. The molecule has 0 radical (unpaired) electrons. The summed E-state index contributed by atoms with van der Waals surface area (Å²) in [5.74, 6) is -0.166. The number of carbonyl (C=O) groups excluding carboxylic acids is 2. The first-order chi connectivity index (χ1) is 11.0. The zero-order valence-electron chi connectivity index (χ0n) is 13.0. The number of hydrogen-bond donors (Lipinski definition) is 1. The summed E-state index contributed by atoms with van der Waals surface area (Å²) < 4.78 is 20.2. The summed E-state index contributed by atoms with van der Waals surface area (Å²) in [6.07, 6.45) is 0.339. The lowest BCUT2D eigenvalue weighted by atomic mass is 10.2. The molecule has 0 aliphatic heterocycles. The van der Waals surface area contributed by atoms with Gasteiger partial charge in [0.05, 0.1) is 26.2 Å². The minimum Gasteiger partial charge on any atom is -0.497 e. The van der Waals surface area contributed by atoms with Crippen molar-refractivity contribution in [2.24, 2.45) is 0 Å². The van der Waals surface area contributed by atoms with Gasteiger partial charge in [0.25, 0.3) is 5.91 Å². The van der Waals surface area contributed by atoms with E-state index in [4.69, 9.17) is 18.6 Å². The Labute approximate surface area is 133 Å². The number of hydrogen-bond acceptors (Lipinski definition) is 6. The van der Waals surface area contributed by atoms with Crippen LogP contribution >= 0.6 is 0 Å². The van der Waals surface area contributed by atoms with Gasteiger partial charge < -0.3 is 23.9 Å². The standard InChI is InChI=1S/C16H17NO6/c1-10(23-16(19)14-5-4-8-22-14)15(18)17-12-9-11(20-2)6-7-13(12)21-3/h4-10H,1-3H3,(H,17,18). The van der Waals surface area contributed by atoms with E-state index in [-0.39, 0.29) is 5.76 Å². The Balaban J connectivity index is 2.04. The van der Waals surface area contributed by atoms with E-state index >= 15 is 0 Å². The zero-order chi connectivity index (χ0) is 16.8. The third-order valence-corrected chi connectivity index (χ3v) is 3.04. The summed E-state index contributed by atoms with van der Waals surface area (Å²) in [5.41, 5.74) is 0.415. The fourth-order valence-corrected chi connectivity index (χ4v) is 1.81. The minimum atomic E-state index is -1.01. The van der Waals surface area contributed by atoms with Crippen molar-refractivity contribution >= 4 is 17.6 Å². The third-order valence-electron chi connectivity index (χ3n) is 3.04. The number of nitrogens with one attached hydrogen (secondary N) is 1. The summed E-state index contributed by atoms with van der Waals surface area (Å²) in [7, 11) is 3.00. The van der Waals surface area contributed by atoms with E-state index in [1.807, 2.05) is 0 Å². The highest BCUT2D eigenvalue weighted by molar-refractivity contribution is 5.97. The maximum Gasteiger partial charge on any atom is 0.374 e. The van der Waals surface area contributed by atoms with Gasteiger partial charge in [-0.2, -0.15) is 0 Å². The smallest absolute Gasteiger partial charge is 0.374 e. The molecule has 23 heavy (non-hydrogen) atoms. The van der Waals surface area contributed by atoms with Crippen molar-refractivity contribution in [3.63, 3.8) is 0 Å². The molecule has 0 aliphatic rings. The molecule has 2 rings (SSSR count). The number of anilines is 1. The Kier molecular flexibility index (Phi) is 5.24. The van der Waals surface area contributed by atoms with Crippen LogP contribution < -0.4 is 14.8 Å². The lowest BCUT2D eigenvalue weighted by molar-refractivity contribution is -0.123. The van der Waals surface area contributed by atoms with Crippen LogP contribution in [0.15, 0.2) is 41.0 Å². The summed E-state index contributed by atoms with van der Waals surface area (Å²) in [6.45, 7) is 1.46. The van der Waals surface area contributed by atoms with E-state index in [1.165, 1.54) is 33.5 Å². The van der Waals surface area contributed by atoms with Crippen LogP contribution in [-0.2, 0) is 9.53 Å². The van der Waals surface area contributed by atoms with Gasteiger partial charge >= 0.3 is 5.97 Å². The molecule has 1 aromatic heterocycles. The quantitative estimate of drug-likeness (QED) is 0.823. The highest BCUT2D eigenvalue weighted by Gasteiger charge is 2.21. The largest absolute Gasteiger partial charge is 0.497 e. The summed E-state index contributed by atoms with van der Waals surface area (Å²) >= 11 is 0. The Morgan fingerprint density at radius 1 is 1.17 bits per heavy atom. The number of rotatable bonds is 6. The number of amides is 1. The second kappa shape index (κ2) is 7.35. The van der Waals surface area contributed by atoms with Crippen molar-refractivity contribution in [3.05, 3.63) is 42.4 Å². The van der Waals surface area contributed by atoms with Gasteiger partial charge in [-0.05, 0) is 31.2 Å². The van der Waals surface area contributed by atoms with Crippen LogP contribution in [0.3, 0.4) is 0 Å². The van der Waals surface area contributed by atoms with Crippen LogP contribution in [0.4, 0.5) is 5.69 Å². The number of carbonyl (C=O) groups is 2. The van der Waals surface area contributed by atoms with Gasteiger partial charge in [-0.3, -0.25) is 4.79 Å². The highest BCUT2D eigenvalue weighted by Crippen LogP contribution is 2.29. The van der Waals surface area contributed by atoms with Gasteiger partial charge in [0.15, 0.2) is 6.10 Å². The molecule has 122 valence electrons. The fraction of sp³-hybridized carbons (Fsp3) is 0.250. The molecule has 1 amide bonds. The molecule has 1 heterocycles. The predicted molar refractivity (Wildman–Crippen MR) is 81.8 cm³/mol. The monoisotopic (exact) mass is 319 g/mol. The molecule has 0 saturated carbocycles. The van der Waals surface area contributed by atoms with Gasteiger partial charge in [-0.15, -0.1) is 0 Å². The second-order valence-electron chi connectivity index (χ2n) is 4.58. The van der Waals surface area contributed by atoms with Crippen LogP contribution in [0.25, 0.3) is 0 Å². The first-order valence-electron chi connectivity index (χ1n) is 6.82. The summed E-state index contributed by atoms with van der Waals surface area (Å²) in [4.78, 5) is 23.9. The first kappa shape index (κ1) is 16.4. The van der Waals surface area contributed by atoms with Gasteiger partial charge in [-0.25, -0.2) is 4.79 Å². The van der Waals surface area contributed by atoms with E-state index < -0.39 is 18.0 Å². The normalized spacial score (nSPS) is 11.4. The molecule has 1 atom stereocenters. The number of esters is 1. The van der Waals surface area contributed by atoms with Crippen LogP contribution in [0.2, 0.25) is 0 Å². The topological polar surface area (TPSA) is 87.0 Å². The van der Waals surface area contributed by atoms with Crippen LogP contribution in [0.1, 0.15) is 17.5 Å². The average molecular weight is 319 g/mol. The van der Waals surface area contributed by atoms with Crippen molar-refractivity contribution in [1.82, 2.24) is 0 Å². The lowest BCUT2D eigenvalue weighted by Gasteiger charge is -2.15. The molecule has 0 fully saturated rings. The van der Waals surface area contributed by atoms with E-state index in [0.29, 0.717) is 17.2 Å². The van der Waals surface area contributed by atoms with E-state index in [9.17, 15) is 9.59 Å². The van der Waals surface area contributed by atoms with Crippen molar-refractivity contribution < 1.29 is 28.2 Å². The minimum absolute atomic E-state index is 0.0311. The van der Waals surface area contributed by atoms with Crippen molar-refractivity contribution in [2.75, 3.05) is 19.5 Å². The van der Waals surface area contributed by atoms with E-state index in [2.05, 4.69) is 5.32 Å². The third kappa shape index (κ3) is 4.03. The van der Waals surface area contributed by atoms with Gasteiger partial charge in [-0.1, -0.05) is 0 Å². The predicted octanol–water partition coefficient (Wildman–Crippen LogP) is 2.48. The number of methoxy groups -OCH3 is 2. The van der Waals surface area contributed by atoms with Gasteiger partial charge in [0, 0.05) is 6.07 Å². The first-order valence-corrected chi connectivity index (χ1v) is 6.82. The van der Waals surface area contributed by atoms with Gasteiger partial charge in [0.2, 0.25) is 5.76 Å². The van der Waals surface area contributed by atoms with Crippen LogP contribution in [0.5, 0.6) is 11.5 Å². The molecule has 1 unspecified atom stereocenters. The molecule has 7 heteroatoms. The molecule has 1 N–H and O–H groups in total. The maximum atomic E-state index is 12.2. The van der Waals surface area contributed by atoms with E-state index in [1.54, 1.807) is 24.3 Å². The van der Waals surface area contributed by atoms with Crippen molar-refractivity contribution in [2.45, 2.75) is 13.0 Å². The number of furan rings is 1. The fourth-order valence-electron chi connectivity index (χ4n) is 1.81. The van der Waals surface area contributed by atoms with Crippen molar-refractivity contribution in [3.8, 4) is 11.5 Å². The number of benzene rings is 1. The van der Waals surface area contributed by atoms with Gasteiger partial charge in [0.1, 0.15) is 11.5 Å². The second-order valence-corrected chi connectivity index (χ2v) is 4.58. The molecular formula is C16H17NO6.